The Morgan fingerprint density at radius 1 is 1.12 bits per heavy atom. The van der Waals surface area contributed by atoms with Crippen molar-refractivity contribution < 1.29 is 18.7 Å². The van der Waals surface area contributed by atoms with Crippen LogP contribution >= 0.6 is 0 Å². The van der Waals surface area contributed by atoms with E-state index in [1.54, 1.807) is 0 Å². The lowest BCUT2D eigenvalue weighted by molar-refractivity contribution is -0.128. The van der Waals surface area contributed by atoms with Gasteiger partial charge in [0.1, 0.15) is 23.9 Å². The summed E-state index contributed by atoms with van der Waals surface area (Å²) >= 11 is 0. The first-order chi connectivity index (χ1) is 12.5. The molecule has 1 amide bonds. The zero-order chi connectivity index (χ0) is 18.9. The maximum atomic E-state index is 12.9. The first-order valence-electron chi connectivity index (χ1n) is 8.93. The van der Waals surface area contributed by atoms with Gasteiger partial charge in [-0.2, -0.15) is 0 Å². The Kier molecular flexibility index (Phi) is 7.45. The molecule has 5 heteroatoms. The number of hydrogen-bond acceptors (Lipinski definition) is 3. The van der Waals surface area contributed by atoms with Crippen molar-refractivity contribution in [2.24, 2.45) is 0 Å². The summed E-state index contributed by atoms with van der Waals surface area (Å²) in [6.45, 7) is 6.85. The molecule has 0 heterocycles. The van der Waals surface area contributed by atoms with Gasteiger partial charge in [0, 0.05) is 0 Å². The normalized spacial score (nSPS) is 11.9. The number of halogens is 1. The summed E-state index contributed by atoms with van der Waals surface area (Å²) in [6, 6.07) is 13.5. The Hall–Kier alpha value is -2.56. The van der Waals surface area contributed by atoms with E-state index in [9.17, 15) is 9.18 Å². The molecule has 0 aliphatic rings. The number of carbonyl (C=O) groups excluding carboxylic acids is 1. The third-order valence-corrected chi connectivity index (χ3v) is 3.96. The van der Waals surface area contributed by atoms with Crippen LogP contribution in [0.3, 0.4) is 0 Å². The Bertz CT molecular complexity index is 701. The van der Waals surface area contributed by atoms with E-state index >= 15 is 0 Å². The van der Waals surface area contributed by atoms with E-state index in [0.29, 0.717) is 31.2 Å². The average molecular weight is 359 g/mol. The van der Waals surface area contributed by atoms with Gasteiger partial charge in [0.2, 0.25) is 0 Å². The Labute approximate surface area is 154 Å². The van der Waals surface area contributed by atoms with Crippen molar-refractivity contribution in [2.45, 2.75) is 39.2 Å². The molecule has 4 nitrogen and oxygen atoms in total. The summed E-state index contributed by atoms with van der Waals surface area (Å²) in [7, 11) is 0. The second-order valence-electron chi connectivity index (χ2n) is 6.30. The highest BCUT2D eigenvalue weighted by molar-refractivity contribution is 5.81. The maximum absolute atomic E-state index is 12.9. The molecule has 1 N–H and O–H groups in total. The van der Waals surface area contributed by atoms with Crippen LogP contribution in [-0.2, 0) is 4.79 Å². The average Bonchev–Trinajstić information content (AvgIpc) is 2.64. The zero-order valence-electron chi connectivity index (χ0n) is 15.5. The van der Waals surface area contributed by atoms with E-state index in [4.69, 9.17) is 9.47 Å². The lowest BCUT2D eigenvalue weighted by Gasteiger charge is -2.18. The van der Waals surface area contributed by atoms with E-state index in [1.165, 1.54) is 24.3 Å². The lowest BCUT2D eigenvalue weighted by atomic mass is 10.0. The molecule has 0 saturated carbocycles. The second kappa shape index (κ2) is 9.80. The molecular formula is C21H26FNO3. The van der Waals surface area contributed by atoms with Crippen LogP contribution in [0.5, 0.6) is 11.5 Å². The fourth-order valence-electron chi connectivity index (χ4n) is 2.54. The number of nitrogens with one attached hydrogen (secondary N) is 1. The number of benzene rings is 2. The highest BCUT2D eigenvalue weighted by atomic mass is 19.1. The molecule has 140 valence electrons. The fraction of sp³-hybridized carbons (Fsp3) is 0.381. The molecule has 26 heavy (non-hydrogen) atoms. The van der Waals surface area contributed by atoms with Gasteiger partial charge in [-0.05, 0) is 48.2 Å². The summed E-state index contributed by atoms with van der Waals surface area (Å²) in [6.07, 6.45) is -0.108. The predicted octanol–water partition coefficient (Wildman–Crippen LogP) is 4.30. The molecule has 0 radical (unpaired) electrons. The highest BCUT2D eigenvalue weighted by Gasteiger charge is 2.18. The van der Waals surface area contributed by atoms with Gasteiger partial charge in [0.25, 0.3) is 5.91 Å². The van der Waals surface area contributed by atoms with Crippen LogP contribution in [0.25, 0.3) is 0 Å². The molecule has 1 unspecified atom stereocenters. The van der Waals surface area contributed by atoms with Crippen molar-refractivity contribution in [3.63, 3.8) is 0 Å². The SMILES string of the molecule is CCC(Oc1ccc(F)cc1)C(=O)NCCOc1ccccc1C(C)C. The first kappa shape index (κ1) is 19.8. The van der Waals surface area contributed by atoms with Crippen molar-refractivity contribution >= 4 is 5.91 Å². The molecule has 1 atom stereocenters. The molecule has 2 aromatic carbocycles. The van der Waals surface area contributed by atoms with Crippen LogP contribution in [0.15, 0.2) is 48.5 Å². The van der Waals surface area contributed by atoms with Gasteiger partial charge in [0.05, 0.1) is 6.54 Å². The minimum Gasteiger partial charge on any atom is -0.491 e. The topological polar surface area (TPSA) is 47.6 Å². The molecular weight excluding hydrogens is 333 g/mol. The van der Waals surface area contributed by atoms with Crippen molar-refractivity contribution in [1.82, 2.24) is 5.32 Å². The highest BCUT2D eigenvalue weighted by Crippen LogP contribution is 2.25. The number of ether oxygens (including phenoxy) is 2. The van der Waals surface area contributed by atoms with E-state index in [1.807, 2.05) is 31.2 Å². The summed E-state index contributed by atoms with van der Waals surface area (Å²) in [5, 5.41) is 2.82. The molecule has 2 aromatic rings. The molecule has 0 aliphatic carbocycles. The number of hydrogen-bond donors (Lipinski definition) is 1. The van der Waals surface area contributed by atoms with Gasteiger partial charge in [-0.25, -0.2) is 4.39 Å². The Morgan fingerprint density at radius 3 is 2.46 bits per heavy atom. The van der Waals surface area contributed by atoms with Crippen LogP contribution in [0.1, 0.15) is 38.7 Å². The van der Waals surface area contributed by atoms with E-state index in [2.05, 4.69) is 19.2 Å². The van der Waals surface area contributed by atoms with Crippen molar-refractivity contribution in [1.29, 1.82) is 0 Å². The van der Waals surface area contributed by atoms with E-state index < -0.39 is 6.10 Å². The van der Waals surface area contributed by atoms with E-state index in [-0.39, 0.29) is 11.7 Å². The Morgan fingerprint density at radius 2 is 1.81 bits per heavy atom. The van der Waals surface area contributed by atoms with Crippen LogP contribution in [0, 0.1) is 5.82 Å². The van der Waals surface area contributed by atoms with Gasteiger partial charge in [-0.3, -0.25) is 4.79 Å². The quantitative estimate of drug-likeness (QED) is 0.679. The summed E-state index contributed by atoms with van der Waals surface area (Å²) < 4.78 is 24.4. The van der Waals surface area contributed by atoms with Gasteiger partial charge in [0.15, 0.2) is 6.10 Å². The van der Waals surface area contributed by atoms with Crippen molar-refractivity contribution in [2.75, 3.05) is 13.2 Å². The summed E-state index contributed by atoms with van der Waals surface area (Å²) in [4.78, 5) is 12.3. The first-order valence-corrected chi connectivity index (χ1v) is 8.93. The van der Waals surface area contributed by atoms with Crippen LogP contribution in [-0.4, -0.2) is 25.2 Å². The molecule has 0 bridgehead atoms. The number of carbonyl (C=O) groups is 1. The molecule has 2 rings (SSSR count). The smallest absolute Gasteiger partial charge is 0.261 e. The Balaban J connectivity index is 1.81. The van der Waals surface area contributed by atoms with Crippen molar-refractivity contribution in [3.05, 3.63) is 59.9 Å². The van der Waals surface area contributed by atoms with Gasteiger partial charge in [-0.15, -0.1) is 0 Å². The predicted molar refractivity (Wildman–Crippen MR) is 100 cm³/mol. The molecule has 0 spiro atoms. The third kappa shape index (κ3) is 5.76. The molecule has 0 aromatic heterocycles. The van der Waals surface area contributed by atoms with Crippen LogP contribution < -0.4 is 14.8 Å². The van der Waals surface area contributed by atoms with Gasteiger partial charge in [-0.1, -0.05) is 39.0 Å². The fourth-order valence-corrected chi connectivity index (χ4v) is 2.54. The molecule has 0 saturated heterocycles. The third-order valence-electron chi connectivity index (χ3n) is 3.96. The number of amides is 1. The largest absolute Gasteiger partial charge is 0.491 e. The van der Waals surface area contributed by atoms with Gasteiger partial charge >= 0.3 is 0 Å². The second-order valence-corrected chi connectivity index (χ2v) is 6.30. The number of para-hydroxylation sites is 1. The monoisotopic (exact) mass is 359 g/mol. The zero-order valence-corrected chi connectivity index (χ0v) is 15.5. The van der Waals surface area contributed by atoms with Crippen LogP contribution in [0.4, 0.5) is 4.39 Å². The summed E-state index contributed by atoms with van der Waals surface area (Å²) in [5.41, 5.74) is 1.14. The lowest BCUT2D eigenvalue weighted by Crippen LogP contribution is -2.39. The molecule has 0 aliphatic heterocycles. The minimum atomic E-state index is -0.622. The summed E-state index contributed by atoms with van der Waals surface area (Å²) in [5.74, 6) is 1.13. The number of rotatable bonds is 9. The standard InChI is InChI=1S/C21H26FNO3/c1-4-19(26-17-11-9-16(22)10-12-17)21(24)23-13-14-25-20-8-6-5-7-18(20)15(2)3/h5-12,15,19H,4,13-14H2,1-3H3,(H,23,24). The van der Waals surface area contributed by atoms with E-state index in [0.717, 1.165) is 11.3 Å². The van der Waals surface area contributed by atoms with Crippen LogP contribution in [0.2, 0.25) is 0 Å². The maximum Gasteiger partial charge on any atom is 0.261 e. The molecule has 0 fully saturated rings. The van der Waals surface area contributed by atoms with Crippen molar-refractivity contribution in [3.8, 4) is 11.5 Å². The minimum absolute atomic E-state index is 0.211. The van der Waals surface area contributed by atoms with Gasteiger partial charge < -0.3 is 14.8 Å².